The van der Waals surface area contributed by atoms with Crippen molar-refractivity contribution < 1.29 is 27.2 Å². The van der Waals surface area contributed by atoms with Crippen LogP contribution in [0.2, 0.25) is 0 Å². The molecule has 0 bridgehead atoms. The molecular formula is C24H22F4N4O2S. The number of alkyl halides is 3. The monoisotopic (exact) mass is 506 g/mol. The van der Waals surface area contributed by atoms with Crippen molar-refractivity contribution in [2.45, 2.75) is 51.9 Å². The molecule has 1 aliphatic rings. The van der Waals surface area contributed by atoms with Gasteiger partial charge in [-0.25, -0.2) is 4.39 Å². The highest BCUT2D eigenvalue weighted by molar-refractivity contribution is 7.81. The lowest BCUT2D eigenvalue weighted by Crippen LogP contribution is -2.62. The molecule has 11 heteroatoms. The third kappa shape index (κ3) is 5.12. The molecule has 3 rings (SSSR count). The molecule has 1 heterocycles. The zero-order valence-corrected chi connectivity index (χ0v) is 20.1. The molecule has 1 fully saturated rings. The SMILES string of the molecule is CC(C)NC(=O)c1ccc(N2C(=S)N(c3ccc(C#N)c(C(F)(F)F)c3)C(=O)CC2(C)C)cc1F. The average Bonchev–Trinajstić information content (AvgIpc) is 2.71. The van der Waals surface area contributed by atoms with E-state index in [1.165, 1.54) is 29.2 Å². The Morgan fingerprint density at radius 3 is 2.34 bits per heavy atom. The van der Waals surface area contributed by atoms with Gasteiger partial charge in [-0.1, -0.05) is 0 Å². The van der Waals surface area contributed by atoms with Crippen molar-refractivity contribution in [3.05, 3.63) is 58.9 Å². The zero-order valence-electron chi connectivity index (χ0n) is 19.3. The molecule has 184 valence electrons. The quantitative estimate of drug-likeness (QED) is 0.458. The Balaban J connectivity index is 2.06. The molecular weight excluding hydrogens is 484 g/mol. The van der Waals surface area contributed by atoms with Gasteiger partial charge in [-0.15, -0.1) is 0 Å². The number of benzene rings is 2. The third-order valence-electron chi connectivity index (χ3n) is 5.38. The van der Waals surface area contributed by atoms with Crippen LogP contribution in [0.5, 0.6) is 0 Å². The van der Waals surface area contributed by atoms with E-state index in [1.807, 2.05) is 0 Å². The normalized spacial score (nSPS) is 15.9. The molecule has 1 N–H and O–H groups in total. The summed E-state index contributed by atoms with van der Waals surface area (Å²) in [6.45, 7) is 6.84. The Kier molecular flexibility index (Phi) is 6.90. The third-order valence-corrected chi connectivity index (χ3v) is 5.75. The van der Waals surface area contributed by atoms with Crippen LogP contribution in [-0.4, -0.2) is 28.5 Å². The van der Waals surface area contributed by atoms with Gasteiger partial charge in [0.1, 0.15) is 5.82 Å². The molecule has 0 atom stereocenters. The largest absolute Gasteiger partial charge is 0.417 e. The maximum absolute atomic E-state index is 14.9. The van der Waals surface area contributed by atoms with Gasteiger partial charge in [-0.05, 0) is 76.3 Å². The van der Waals surface area contributed by atoms with E-state index in [1.54, 1.807) is 27.7 Å². The van der Waals surface area contributed by atoms with E-state index >= 15 is 0 Å². The van der Waals surface area contributed by atoms with Crippen LogP contribution in [0.15, 0.2) is 36.4 Å². The smallest absolute Gasteiger partial charge is 0.350 e. The van der Waals surface area contributed by atoms with Gasteiger partial charge in [0.15, 0.2) is 5.11 Å². The lowest BCUT2D eigenvalue weighted by atomic mass is 9.93. The second-order valence-corrected chi connectivity index (χ2v) is 9.33. The van der Waals surface area contributed by atoms with Crippen molar-refractivity contribution in [3.63, 3.8) is 0 Å². The summed E-state index contributed by atoms with van der Waals surface area (Å²) in [5.41, 5.74) is -2.86. The molecule has 35 heavy (non-hydrogen) atoms. The number of carbonyl (C=O) groups is 2. The number of nitrogens with one attached hydrogen (secondary N) is 1. The Hall–Kier alpha value is -3.52. The first kappa shape index (κ1) is 26.1. The Labute approximate surface area is 205 Å². The summed E-state index contributed by atoms with van der Waals surface area (Å²) < 4.78 is 55.4. The highest BCUT2D eigenvalue weighted by Gasteiger charge is 2.44. The van der Waals surface area contributed by atoms with Crippen LogP contribution in [0.3, 0.4) is 0 Å². The van der Waals surface area contributed by atoms with Crippen molar-refractivity contribution in [2.75, 3.05) is 9.80 Å². The number of anilines is 2. The van der Waals surface area contributed by atoms with E-state index < -0.39 is 40.5 Å². The van der Waals surface area contributed by atoms with Crippen LogP contribution in [0.1, 0.15) is 55.6 Å². The van der Waals surface area contributed by atoms with E-state index in [4.69, 9.17) is 17.5 Å². The number of nitrogens with zero attached hydrogens (tertiary/aromatic N) is 3. The summed E-state index contributed by atoms with van der Waals surface area (Å²) in [5.74, 6) is -1.97. The Morgan fingerprint density at radius 2 is 1.80 bits per heavy atom. The minimum absolute atomic E-state index is 0.147. The maximum Gasteiger partial charge on any atom is 0.417 e. The van der Waals surface area contributed by atoms with Crippen molar-refractivity contribution in [3.8, 4) is 6.07 Å². The van der Waals surface area contributed by atoms with Gasteiger partial charge < -0.3 is 10.2 Å². The number of rotatable bonds is 4. The number of thiocarbonyl (C=S) groups is 1. The van der Waals surface area contributed by atoms with Crippen LogP contribution in [0, 0.1) is 17.1 Å². The van der Waals surface area contributed by atoms with Gasteiger partial charge in [-0.3, -0.25) is 14.5 Å². The number of carbonyl (C=O) groups excluding carboxylic acids is 2. The highest BCUT2D eigenvalue weighted by Crippen LogP contribution is 2.39. The minimum Gasteiger partial charge on any atom is -0.350 e. The van der Waals surface area contributed by atoms with Crippen molar-refractivity contribution >= 4 is 40.5 Å². The first-order valence-electron chi connectivity index (χ1n) is 10.6. The summed E-state index contributed by atoms with van der Waals surface area (Å²) in [7, 11) is 0. The van der Waals surface area contributed by atoms with E-state index in [-0.39, 0.29) is 34.5 Å². The van der Waals surface area contributed by atoms with E-state index in [0.29, 0.717) is 6.07 Å². The van der Waals surface area contributed by atoms with Crippen molar-refractivity contribution in [2.24, 2.45) is 0 Å². The predicted octanol–water partition coefficient (Wildman–Crippen LogP) is 5.16. The summed E-state index contributed by atoms with van der Waals surface area (Å²) in [6, 6.07) is 7.99. The summed E-state index contributed by atoms with van der Waals surface area (Å²) in [5, 5.41) is 11.5. The minimum atomic E-state index is -4.82. The first-order chi connectivity index (χ1) is 16.2. The van der Waals surface area contributed by atoms with Gasteiger partial charge in [0.25, 0.3) is 5.91 Å². The fourth-order valence-corrected chi connectivity index (χ4v) is 4.44. The molecule has 6 nitrogen and oxygen atoms in total. The zero-order chi connectivity index (χ0) is 26.3. The molecule has 0 radical (unpaired) electrons. The predicted molar refractivity (Wildman–Crippen MR) is 126 cm³/mol. The molecule has 2 aromatic rings. The van der Waals surface area contributed by atoms with E-state index in [9.17, 15) is 27.2 Å². The lowest BCUT2D eigenvalue weighted by molar-refractivity contribution is -0.137. The molecule has 2 aromatic carbocycles. The summed E-state index contributed by atoms with van der Waals surface area (Å²) in [4.78, 5) is 27.6. The number of hydrogen-bond acceptors (Lipinski definition) is 4. The van der Waals surface area contributed by atoms with Crippen LogP contribution in [-0.2, 0) is 11.0 Å². The summed E-state index contributed by atoms with van der Waals surface area (Å²) in [6.07, 6.45) is -4.97. The average molecular weight is 507 g/mol. The maximum atomic E-state index is 14.9. The van der Waals surface area contributed by atoms with Crippen LogP contribution >= 0.6 is 12.2 Å². The second-order valence-electron chi connectivity index (χ2n) is 8.97. The van der Waals surface area contributed by atoms with Crippen LogP contribution in [0.4, 0.5) is 28.9 Å². The Morgan fingerprint density at radius 1 is 1.17 bits per heavy atom. The number of hydrogen-bond donors (Lipinski definition) is 1. The molecule has 0 unspecified atom stereocenters. The summed E-state index contributed by atoms with van der Waals surface area (Å²) >= 11 is 5.50. The lowest BCUT2D eigenvalue weighted by Gasteiger charge is -2.47. The molecule has 1 aliphatic heterocycles. The molecule has 1 saturated heterocycles. The fourth-order valence-electron chi connectivity index (χ4n) is 3.88. The van der Waals surface area contributed by atoms with Gasteiger partial charge in [0.05, 0.1) is 40.4 Å². The molecule has 0 spiro atoms. The first-order valence-corrected chi connectivity index (χ1v) is 11.0. The Bertz CT molecular complexity index is 1250. The number of halogens is 4. The molecule has 2 amide bonds. The van der Waals surface area contributed by atoms with E-state index in [2.05, 4.69) is 5.32 Å². The molecule has 0 saturated carbocycles. The number of nitriles is 1. The standard InChI is InChI=1S/C24H22F4N4O2S/c1-13(2)30-21(34)17-8-7-16(10-19(17)25)32-22(35)31(20(33)11-23(32,3)4)15-6-5-14(12-29)18(9-15)24(26,27)28/h5-10,13H,11H2,1-4H3,(H,30,34). The van der Waals surface area contributed by atoms with Crippen molar-refractivity contribution in [1.82, 2.24) is 5.32 Å². The van der Waals surface area contributed by atoms with Gasteiger partial charge >= 0.3 is 6.18 Å². The molecule has 0 aromatic heterocycles. The van der Waals surface area contributed by atoms with Gasteiger partial charge in [0, 0.05) is 11.7 Å². The number of amides is 2. The molecule has 0 aliphatic carbocycles. The van der Waals surface area contributed by atoms with Crippen LogP contribution < -0.4 is 15.1 Å². The van der Waals surface area contributed by atoms with Crippen molar-refractivity contribution in [1.29, 1.82) is 5.26 Å². The van der Waals surface area contributed by atoms with Crippen LogP contribution in [0.25, 0.3) is 0 Å². The van der Waals surface area contributed by atoms with Gasteiger partial charge in [0.2, 0.25) is 5.91 Å². The highest BCUT2D eigenvalue weighted by atomic mass is 32.1. The van der Waals surface area contributed by atoms with Gasteiger partial charge in [-0.2, -0.15) is 18.4 Å². The fraction of sp³-hybridized carbons (Fsp3) is 0.333. The topological polar surface area (TPSA) is 76.4 Å². The second kappa shape index (κ2) is 9.26. The van der Waals surface area contributed by atoms with E-state index in [0.717, 1.165) is 17.0 Å².